The Morgan fingerprint density at radius 3 is 2.67 bits per heavy atom. The highest BCUT2D eigenvalue weighted by Crippen LogP contribution is 2.27. The molecule has 1 N–H and O–H groups in total. The summed E-state index contributed by atoms with van der Waals surface area (Å²) < 4.78 is 13.5. The molecule has 0 saturated heterocycles. The number of halogens is 1. The standard InChI is InChI=1S/C17H16FN3/c1-3-19-16-14-9-8-12(18)10-15(14)20-17(21-16)13-7-5-4-6-11(13)2/h4-10H,3H2,1-2H3,(H,19,20,21). The molecule has 3 aromatic rings. The minimum atomic E-state index is -0.292. The van der Waals surface area contributed by atoms with E-state index in [-0.39, 0.29) is 5.82 Å². The second-order valence-corrected chi connectivity index (χ2v) is 4.90. The quantitative estimate of drug-likeness (QED) is 0.782. The van der Waals surface area contributed by atoms with Crippen molar-refractivity contribution in [3.05, 3.63) is 53.8 Å². The predicted molar refractivity (Wildman–Crippen MR) is 83.8 cm³/mol. The second kappa shape index (κ2) is 5.48. The number of fused-ring (bicyclic) bond motifs is 1. The SMILES string of the molecule is CCNc1nc(-c2ccccc2C)nc2cc(F)ccc12. The van der Waals surface area contributed by atoms with Gasteiger partial charge in [0.15, 0.2) is 5.82 Å². The molecular weight excluding hydrogens is 265 g/mol. The van der Waals surface area contributed by atoms with Crippen LogP contribution >= 0.6 is 0 Å². The molecule has 106 valence electrons. The highest BCUT2D eigenvalue weighted by molar-refractivity contribution is 5.90. The summed E-state index contributed by atoms with van der Waals surface area (Å²) in [6, 6.07) is 12.5. The summed E-state index contributed by atoms with van der Waals surface area (Å²) in [4.78, 5) is 9.13. The van der Waals surface area contributed by atoms with Crippen LogP contribution in [0.1, 0.15) is 12.5 Å². The predicted octanol–water partition coefficient (Wildman–Crippen LogP) is 4.18. The first kappa shape index (κ1) is 13.5. The minimum Gasteiger partial charge on any atom is -0.370 e. The average molecular weight is 281 g/mol. The van der Waals surface area contributed by atoms with Gasteiger partial charge in [-0.2, -0.15) is 0 Å². The van der Waals surface area contributed by atoms with Gasteiger partial charge in [0, 0.05) is 23.6 Å². The van der Waals surface area contributed by atoms with E-state index in [9.17, 15) is 4.39 Å². The number of benzene rings is 2. The van der Waals surface area contributed by atoms with Crippen LogP contribution in [0.15, 0.2) is 42.5 Å². The smallest absolute Gasteiger partial charge is 0.162 e. The molecule has 0 aliphatic heterocycles. The highest BCUT2D eigenvalue weighted by Gasteiger charge is 2.11. The van der Waals surface area contributed by atoms with Gasteiger partial charge in [-0.05, 0) is 31.5 Å². The van der Waals surface area contributed by atoms with Crippen LogP contribution in [0.4, 0.5) is 10.2 Å². The molecule has 1 aromatic heterocycles. The summed E-state index contributed by atoms with van der Waals surface area (Å²) in [6.45, 7) is 4.77. The first-order valence-corrected chi connectivity index (χ1v) is 6.96. The average Bonchev–Trinajstić information content (AvgIpc) is 2.47. The Morgan fingerprint density at radius 2 is 1.90 bits per heavy atom. The molecule has 0 radical (unpaired) electrons. The van der Waals surface area contributed by atoms with Crippen LogP contribution in [-0.4, -0.2) is 16.5 Å². The van der Waals surface area contributed by atoms with Crippen molar-refractivity contribution >= 4 is 16.7 Å². The fourth-order valence-electron chi connectivity index (χ4n) is 2.35. The van der Waals surface area contributed by atoms with Crippen LogP contribution < -0.4 is 5.32 Å². The van der Waals surface area contributed by atoms with Gasteiger partial charge in [-0.3, -0.25) is 0 Å². The summed E-state index contributed by atoms with van der Waals surface area (Å²) in [7, 11) is 0. The van der Waals surface area contributed by atoms with Gasteiger partial charge in [0.25, 0.3) is 0 Å². The number of rotatable bonds is 3. The molecule has 0 bridgehead atoms. The Bertz CT molecular complexity index is 799. The molecule has 0 spiro atoms. The number of hydrogen-bond acceptors (Lipinski definition) is 3. The highest BCUT2D eigenvalue weighted by atomic mass is 19.1. The van der Waals surface area contributed by atoms with Gasteiger partial charge >= 0.3 is 0 Å². The third-order valence-corrected chi connectivity index (χ3v) is 3.39. The molecule has 1 heterocycles. The normalized spacial score (nSPS) is 10.8. The first-order valence-electron chi connectivity index (χ1n) is 6.96. The van der Waals surface area contributed by atoms with Crippen LogP contribution in [0.25, 0.3) is 22.3 Å². The van der Waals surface area contributed by atoms with Crippen LogP contribution in [0.5, 0.6) is 0 Å². The molecule has 3 nitrogen and oxygen atoms in total. The van der Waals surface area contributed by atoms with Crippen molar-refractivity contribution in [2.24, 2.45) is 0 Å². The van der Waals surface area contributed by atoms with E-state index in [0.29, 0.717) is 11.3 Å². The number of aromatic nitrogens is 2. The topological polar surface area (TPSA) is 37.8 Å². The zero-order valence-corrected chi connectivity index (χ0v) is 12.0. The molecule has 2 aromatic carbocycles. The largest absolute Gasteiger partial charge is 0.370 e. The molecule has 21 heavy (non-hydrogen) atoms. The fourth-order valence-corrected chi connectivity index (χ4v) is 2.35. The van der Waals surface area contributed by atoms with Crippen molar-refractivity contribution in [1.29, 1.82) is 0 Å². The second-order valence-electron chi connectivity index (χ2n) is 4.90. The molecule has 0 saturated carbocycles. The molecule has 0 atom stereocenters. The fraction of sp³-hybridized carbons (Fsp3) is 0.176. The zero-order chi connectivity index (χ0) is 14.8. The van der Waals surface area contributed by atoms with E-state index in [4.69, 9.17) is 0 Å². The lowest BCUT2D eigenvalue weighted by molar-refractivity contribution is 0.629. The van der Waals surface area contributed by atoms with Crippen LogP contribution in [-0.2, 0) is 0 Å². The molecule has 0 fully saturated rings. The summed E-state index contributed by atoms with van der Waals surface area (Å²) >= 11 is 0. The van der Waals surface area contributed by atoms with Crippen molar-refractivity contribution in [1.82, 2.24) is 9.97 Å². The maximum absolute atomic E-state index is 13.5. The lowest BCUT2D eigenvalue weighted by Crippen LogP contribution is -2.03. The summed E-state index contributed by atoms with van der Waals surface area (Å²) in [5, 5.41) is 4.06. The van der Waals surface area contributed by atoms with E-state index in [0.717, 1.165) is 28.9 Å². The van der Waals surface area contributed by atoms with Gasteiger partial charge in [-0.25, -0.2) is 14.4 Å². The number of aryl methyl sites for hydroxylation is 1. The van der Waals surface area contributed by atoms with Gasteiger partial charge in [-0.15, -0.1) is 0 Å². The van der Waals surface area contributed by atoms with Crippen molar-refractivity contribution in [2.45, 2.75) is 13.8 Å². The first-order chi connectivity index (χ1) is 10.2. The number of hydrogen-bond donors (Lipinski definition) is 1. The molecule has 4 heteroatoms. The molecule has 0 aliphatic carbocycles. The molecule has 3 rings (SSSR count). The molecule has 0 aliphatic rings. The Balaban J connectivity index is 2.27. The third kappa shape index (κ3) is 2.57. The van der Waals surface area contributed by atoms with E-state index < -0.39 is 0 Å². The van der Waals surface area contributed by atoms with Crippen molar-refractivity contribution < 1.29 is 4.39 Å². The van der Waals surface area contributed by atoms with Crippen LogP contribution in [0.2, 0.25) is 0 Å². The molecular formula is C17H16FN3. The third-order valence-electron chi connectivity index (χ3n) is 3.39. The summed E-state index contributed by atoms with van der Waals surface area (Å²) in [5.74, 6) is 1.06. The van der Waals surface area contributed by atoms with Gasteiger partial charge in [0.1, 0.15) is 11.6 Å². The van der Waals surface area contributed by atoms with Crippen molar-refractivity contribution in [2.75, 3.05) is 11.9 Å². The van der Waals surface area contributed by atoms with Gasteiger partial charge < -0.3 is 5.32 Å². The van der Waals surface area contributed by atoms with Crippen LogP contribution in [0.3, 0.4) is 0 Å². The van der Waals surface area contributed by atoms with Gasteiger partial charge in [0.05, 0.1) is 5.52 Å². The number of nitrogens with one attached hydrogen (secondary N) is 1. The summed E-state index contributed by atoms with van der Waals surface area (Å²) in [5.41, 5.74) is 2.66. The Morgan fingerprint density at radius 1 is 1.10 bits per heavy atom. The van der Waals surface area contributed by atoms with Gasteiger partial charge in [0.2, 0.25) is 0 Å². The van der Waals surface area contributed by atoms with E-state index in [2.05, 4.69) is 15.3 Å². The van der Waals surface area contributed by atoms with E-state index in [1.807, 2.05) is 38.1 Å². The Labute approximate surface area is 122 Å². The zero-order valence-electron chi connectivity index (χ0n) is 12.0. The van der Waals surface area contributed by atoms with Crippen molar-refractivity contribution in [3.63, 3.8) is 0 Å². The number of nitrogens with zero attached hydrogens (tertiary/aromatic N) is 2. The van der Waals surface area contributed by atoms with Crippen molar-refractivity contribution in [3.8, 4) is 11.4 Å². The molecule has 0 amide bonds. The summed E-state index contributed by atoms with van der Waals surface area (Å²) in [6.07, 6.45) is 0. The maximum atomic E-state index is 13.5. The van der Waals surface area contributed by atoms with E-state index in [1.54, 1.807) is 6.07 Å². The molecule has 0 unspecified atom stereocenters. The van der Waals surface area contributed by atoms with Crippen LogP contribution in [0, 0.1) is 12.7 Å². The minimum absolute atomic E-state index is 0.292. The van der Waals surface area contributed by atoms with Gasteiger partial charge in [-0.1, -0.05) is 24.3 Å². The van der Waals surface area contributed by atoms with E-state index >= 15 is 0 Å². The van der Waals surface area contributed by atoms with E-state index in [1.165, 1.54) is 12.1 Å². The monoisotopic (exact) mass is 281 g/mol. The lowest BCUT2D eigenvalue weighted by Gasteiger charge is -2.11. The maximum Gasteiger partial charge on any atom is 0.162 e. The lowest BCUT2D eigenvalue weighted by atomic mass is 10.1. The Kier molecular flexibility index (Phi) is 3.52. The Hall–Kier alpha value is -2.49. The number of anilines is 1.